The van der Waals surface area contributed by atoms with Crippen molar-refractivity contribution in [2.24, 2.45) is 5.92 Å². The maximum absolute atomic E-state index is 12.8. The van der Waals surface area contributed by atoms with Crippen molar-refractivity contribution in [3.8, 4) is 5.69 Å². The Labute approximate surface area is 177 Å². The molecule has 0 radical (unpaired) electrons. The van der Waals surface area contributed by atoms with E-state index in [0.29, 0.717) is 18.9 Å². The molecule has 1 atom stereocenters. The summed E-state index contributed by atoms with van der Waals surface area (Å²) in [5.41, 5.74) is 7.94. The van der Waals surface area contributed by atoms with E-state index in [9.17, 15) is 9.59 Å². The SMILES string of the molecule is Nc1cc(CCCNC(=O)C2CCCN2C(=O)C2CCCC2)nn1-c1ccccc1. The molecule has 4 rings (SSSR count). The molecule has 1 saturated heterocycles. The van der Waals surface area contributed by atoms with Crippen LogP contribution in [0.15, 0.2) is 36.4 Å². The van der Waals surface area contributed by atoms with Crippen LogP contribution >= 0.6 is 0 Å². The zero-order valence-electron chi connectivity index (χ0n) is 17.4. The number of rotatable bonds is 7. The molecule has 2 aliphatic rings. The van der Waals surface area contributed by atoms with Crippen molar-refractivity contribution in [2.75, 3.05) is 18.8 Å². The van der Waals surface area contributed by atoms with E-state index in [0.717, 1.165) is 62.7 Å². The number of anilines is 1. The van der Waals surface area contributed by atoms with E-state index in [2.05, 4.69) is 10.4 Å². The van der Waals surface area contributed by atoms with Gasteiger partial charge in [0.15, 0.2) is 0 Å². The van der Waals surface area contributed by atoms with Crippen molar-refractivity contribution in [3.63, 3.8) is 0 Å². The minimum atomic E-state index is -0.300. The zero-order chi connectivity index (χ0) is 20.9. The highest BCUT2D eigenvalue weighted by atomic mass is 16.2. The third kappa shape index (κ3) is 4.50. The lowest BCUT2D eigenvalue weighted by Gasteiger charge is -2.26. The number of nitrogens with zero attached hydrogens (tertiary/aromatic N) is 3. The van der Waals surface area contributed by atoms with Gasteiger partial charge in [-0.05, 0) is 50.7 Å². The first kappa shape index (κ1) is 20.4. The van der Waals surface area contributed by atoms with Gasteiger partial charge in [0.05, 0.1) is 11.4 Å². The van der Waals surface area contributed by atoms with Gasteiger partial charge in [-0.1, -0.05) is 31.0 Å². The molecule has 2 fully saturated rings. The van der Waals surface area contributed by atoms with Gasteiger partial charge in [0.1, 0.15) is 11.9 Å². The molecule has 7 nitrogen and oxygen atoms in total. The van der Waals surface area contributed by atoms with Gasteiger partial charge in [-0.15, -0.1) is 0 Å². The third-order valence-corrected chi connectivity index (χ3v) is 6.24. The van der Waals surface area contributed by atoms with Gasteiger partial charge in [-0.3, -0.25) is 9.59 Å². The topological polar surface area (TPSA) is 93.2 Å². The average Bonchev–Trinajstić information content (AvgIpc) is 3.52. The molecular weight excluding hydrogens is 378 g/mol. The van der Waals surface area contributed by atoms with Crippen molar-refractivity contribution in [2.45, 2.75) is 57.4 Å². The molecule has 30 heavy (non-hydrogen) atoms. The molecule has 1 unspecified atom stereocenters. The van der Waals surface area contributed by atoms with E-state index < -0.39 is 0 Å². The Kier molecular flexibility index (Phi) is 6.35. The summed E-state index contributed by atoms with van der Waals surface area (Å²) in [4.78, 5) is 27.3. The summed E-state index contributed by atoms with van der Waals surface area (Å²) in [7, 11) is 0. The lowest BCUT2D eigenvalue weighted by atomic mass is 10.1. The fourth-order valence-corrected chi connectivity index (χ4v) is 4.65. The minimum Gasteiger partial charge on any atom is -0.384 e. The van der Waals surface area contributed by atoms with Crippen molar-refractivity contribution in [3.05, 3.63) is 42.1 Å². The first-order chi connectivity index (χ1) is 14.6. The molecule has 2 heterocycles. The van der Waals surface area contributed by atoms with Crippen LogP contribution in [-0.2, 0) is 16.0 Å². The number of benzene rings is 1. The third-order valence-electron chi connectivity index (χ3n) is 6.24. The van der Waals surface area contributed by atoms with Gasteiger partial charge in [0, 0.05) is 25.1 Å². The summed E-state index contributed by atoms with van der Waals surface area (Å²) in [6.45, 7) is 1.28. The minimum absolute atomic E-state index is 0.0202. The Balaban J connectivity index is 1.25. The van der Waals surface area contributed by atoms with Crippen LogP contribution < -0.4 is 11.1 Å². The van der Waals surface area contributed by atoms with E-state index >= 15 is 0 Å². The van der Waals surface area contributed by atoms with Gasteiger partial charge < -0.3 is 16.0 Å². The Bertz CT molecular complexity index is 873. The zero-order valence-corrected chi connectivity index (χ0v) is 17.4. The normalized spacial score (nSPS) is 19.3. The second kappa shape index (κ2) is 9.32. The Morgan fingerprint density at radius 1 is 1.10 bits per heavy atom. The smallest absolute Gasteiger partial charge is 0.242 e. The number of aromatic nitrogens is 2. The maximum Gasteiger partial charge on any atom is 0.242 e. The molecule has 1 saturated carbocycles. The maximum atomic E-state index is 12.8. The standard InChI is InChI=1S/C23H31N5O2/c24-21-16-18(26-28(21)19-11-2-1-3-12-19)10-6-14-25-22(29)20-13-7-15-27(20)23(30)17-8-4-5-9-17/h1-3,11-12,16-17,20H,4-10,13-15,24H2,(H,25,29). The summed E-state index contributed by atoms with van der Waals surface area (Å²) in [5.74, 6) is 0.899. The monoisotopic (exact) mass is 409 g/mol. The van der Waals surface area contributed by atoms with Crippen LogP contribution in [0.4, 0.5) is 5.82 Å². The first-order valence-corrected chi connectivity index (χ1v) is 11.1. The summed E-state index contributed by atoms with van der Waals surface area (Å²) >= 11 is 0. The number of hydrogen-bond donors (Lipinski definition) is 2. The lowest BCUT2D eigenvalue weighted by Crippen LogP contribution is -2.47. The lowest BCUT2D eigenvalue weighted by molar-refractivity contribution is -0.141. The molecule has 1 aliphatic carbocycles. The Morgan fingerprint density at radius 2 is 1.87 bits per heavy atom. The number of likely N-dealkylation sites (tertiary alicyclic amines) is 1. The van der Waals surface area contributed by atoms with Gasteiger partial charge in [0.2, 0.25) is 11.8 Å². The largest absolute Gasteiger partial charge is 0.384 e. The molecular formula is C23H31N5O2. The summed E-state index contributed by atoms with van der Waals surface area (Å²) in [6, 6.07) is 11.4. The molecule has 7 heteroatoms. The summed E-state index contributed by atoms with van der Waals surface area (Å²) < 4.78 is 1.74. The van der Waals surface area contributed by atoms with Gasteiger partial charge in [-0.25, -0.2) is 4.68 Å². The number of nitrogens with two attached hydrogens (primary N) is 1. The molecule has 1 aliphatic heterocycles. The second-order valence-corrected chi connectivity index (χ2v) is 8.37. The molecule has 0 spiro atoms. The van der Waals surface area contributed by atoms with Gasteiger partial charge in [0.25, 0.3) is 0 Å². The van der Waals surface area contributed by atoms with E-state index in [1.165, 1.54) is 0 Å². The van der Waals surface area contributed by atoms with Crippen LogP contribution in [0.25, 0.3) is 5.69 Å². The quantitative estimate of drug-likeness (QED) is 0.688. The van der Waals surface area contributed by atoms with Crippen LogP contribution in [0.3, 0.4) is 0 Å². The number of nitrogens with one attached hydrogen (secondary N) is 1. The predicted octanol–water partition coefficient (Wildman–Crippen LogP) is 2.68. The van der Waals surface area contributed by atoms with Crippen LogP contribution in [0, 0.1) is 5.92 Å². The first-order valence-electron chi connectivity index (χ1n) is 11.1. The number of hydrogen-bond acceptors (Lipinski definition) is 4. The van der Waals surface area contributed by atoms with Crippen LogP contribution in [0.2, 0.25) is 0 Å². The predicted molar refractivity (Wildman–Crippen MR) is 116 cm³/mol. The number of carbonyl (C=O) groups is 2. The highest BCUT2D eigenvalue weighted by Gasteiger charge is 2.37. The van der Waals surface area contributed by atoms with Crippen molar-refractivity contribution >= 4 is 17.6 Å². The highest BCUT2D eigenvalue weighted by molar-refractivity contribution is 5.89. The molecule has 0 bridgehead atoms. The molecule has 1 aromatic carbocycles. The fraction of sp³-hybridized carbons (Fsp3) is 0.522. The van der Waals surface area contributed by atoms with Gasteiger partial charge in [-0.2, -0.15) is 5.10 Å². The average molecular weight is 410 g/mol. The van der Waals surface area contributed by atoms with E-state index in [1.807, 2.05) is 41.3 Å². The van der Waals surface area contributed by atoms with Crippen LogP contribution in [0.1, 0.15) is 50.6 Å². The summed E-state index contributed by atoms with van der Waals surface area (Å²) in [5, 5.41) is 7.60. The highest BCUT2D eigenvalue weighted by Crippen LogP contribution is 2.29. The van der Waals surface area contributed by atoms with E-state index in [-0.39, 0.29) is 23.8 Å². The fourth-order valence-electron chi connectivity index (χ4n) is 4.65. The van der Waals surface area contributed by atoms with Gasteiger partial charge >= 0.3 is 0 Å². The van der Waals surface area contributed by atoms with Crippen molar-refractivity contribution < 1.29 is 9.59 Å². The second-order valence-electron chi connectivity index (χ2n) is 8.37. The molecule has 3 N–H and O–H groups in total. The number of para-hydroxylation sites is 1. The van der Waals surface area contributed by atoms with E-state index in [1.54, 1.807) is 4.68 Å². The molecule has 160 valence electrons. The van der Waals surface area contributed by atoms with Crippen molar-refractivity contribution in [1.29, 1.82) is 0 Å². The molecule has 2 aromatic rings. The number of aryl methyl sites for hydroxylation is 1. The van der Waals surface area contributed by atoms with Crippen molar-refractivity contribution in [1.82, 2.24) is 20.0 Å². The summed E-state index contributed by atoms with van der Waals surface area (Å²) in [6.07, 6.45) is 7.40. The molecule has 1 aromatic heterocycles. The molecule has 2 amide bonds. The number of nitrogen functional groups attached to an aromatic ring is 1. The van der Waals surface area contributed by atoms with E-state index in [4.69, 9.17) is 5.73 Å². The van der Waals surface area contributed by atoms with Crippen LogP contribution in [-0.4, -0.2) is 45.6 Å². The Morgan fingerprint density at radius 3 is 2.63 bits per heavy atom. The van der Waals surface area contributed by atoms with Crippen LogP contribution in [0.5, 0.6) is 0 Å². The number of amides is 2. The number of carbonyl (C=O) groups excluding carboxylic acids is 2. The Hall–Kier alpha value is -2.83.